The van der Waals surface area contributed by atoms with E-state index in [1.165, 1.54) is 15.2 Å². The summed E-state index contributed by atoms with van der Waals surface area (Å²) in [4.78, 5) is 41.3. The first-order chi connectivity index (χ1) is 19.0. The Morgan fingerprint density at radius 2 is 1.77 bits per heavy atom. The van der Waals surface area contributed by atoms with Gasteiger partial charge in [-0.2, -0.15) is 0 Å². The van der Waals surface area contributed by atoms with E-state index in [2.05, 4.69) is 20.4 Å². The van der Waals surface area contributed by atoms with Crippen molar-refractivity contribution >= 4 is 45.8 Å². The predicted molar refractivity (Wildman–Crippen MR) is 163 cm³/mol. The number of nitrogens with zero attached hydrogens (tertiary/aromatic N) is 3. The first-order valence-corrected chi connectivity index (χ1v) is 13.8. The maximum Gasteiger partial charge on any atom is 0.321 e. The van der Waals surface area contributed by atoms with Crippen LogP contribution in [0.4, 0.5) is 5.69 Å². The van der Waals surface area contributed by atoms with Gasteiger partial charge in [0.1, 0.15) is 0 Å². The van der Waals surface area contributed by atoms with Gasteiger partial charge < -0.3 is 15.2 Å². The van der Waals surface area contributed by atoms with Gasteiger partial charge in [0.05, 0.1) is 21.7 Å². The van der Waals surface area contributed by atoms with Crippen LogP contribution in [0, 0.1) is 12.8 Å². The van der Waals surface area contributed by atoms with Gasteiger partial charge in [-0.1, -0.05) is 61.8 Å². The summed E-state index contributed by atoms with van der Waals surface area (Å²) < 4.78 is 2.99. The highest BCUT2D eigenvalue weighted by Gasteiger charge is 2.31. The average molecular weight is 578 g/mol. The van der Waals surface area contributed by atoms with Crippen LogP contribution in [0.3, 0.4) is 0 Å². The number of fused-ring (bicyclic) bond motifs is 1. The Morgan fingerprint density at radius 1 is 1.05 bits per heavy atom. The number of amides is 1. The largest absolute Gasteiger partial charge is 0.398 e. The van der Waals surface area contributed by atoms with Gasteiger partial charge in [0.15, 0.2) is 0 Å². The van der Waals surface area contributed by atoms with Gasteiger partial charge in [0.2, 0.25) is 5.91 Å². The standard InChI is InChI=1S/C31H30Cl2N4O3/c1-5-28(38)35-14-19(15-35)16-36-26-13-24(33)22(23-11-20(32)9-10-25(23)34)12-27(26)37(31(40)30(36)39)29-18(4)7-6-8-21(29)17(2)3/h5-13,17,19H,1,14-16,34H2,2-4H3. The van der Waals surface area contributed by atoms with E-state index in [9.17, 15) is 14.4 Å². The normalized spacial score (nSPS) is 13.6. The van der Waals surface area contributed by atoms with Gasteiger partial charge in [-0.3, -0.25) is 19.0 Å². The van der Waals surface area contributed by atoms with Crippen LogP contribution in [0.1, 0.15) is 30.9 Å². The highest BCUT2D eigenvalue weighted by molar-refractivity contribution is 6.35. The molecule has 1 aliphatic rings. The summed E-state index contributed by atoms with van der Waals surface area (Å²) in [6.07, 6.45) is 1.27. The maximum atomic E-state index is 14.0. The number of hydrogen-bond donors (Lipinski definition) is 1. The van der Waals surface area contributed by atoms with Crippen molar-refractivity contribution in [1.29, 1.82) is 0 Å². The molecule has 0 radical (unpaired) electrons. The molecule has 40 heavy (non-hydrogen) atoms. The van der Waals surface area contributed by atoms with Crippen molar-refractivity contribution in [3.05, 3.63) is 103 Å². The van der Waals surface area contributed by atoms with Crippen LogP contribution in [0.25, 0.3) is 27.8 Å². The molecule has 1 saturated heterocycles. The van der Waals surface area contributed by atoms with Crippen LogP contribution < -0.4 is 16.9 Å². The SMILES string of the molecule is C=CC(=O)N1CC(Cn2c(=O)c(=O)n(-c3c(C)cccc3C(C)C)c3cc(-c4cc(Cl)ccc4N)c(Cl)cc32)C1. The Bertz CT molecular complexity index is 1800. The van der Waals surface area contributed by atoms with Crippen molar-refractivity contribution in [2.24, 2.45) is 5.92 Å². The molecule has 2 N–H and O–H groups in total. The van der Waals surface area contributed by atoms with Crippen LogP contribution in [0.2, 0.25) is 10.0 Å². The first-order valence-electron chi connectivity index (χ1n) is 13.1. The molecule has 0 bridgehead atoms. The van der Waals surface area contributed by atoms with E-state index in [-0.39, 0.29) is 24.3 Å². The molecule has 1 aromatic heterocycles. The zero-order valence-electron chi connectivity index (χ0n) is 22.6. The summed E-state index contributed by atoms with van der Waals surface area (Å²) >= 11 is 13.1. The minimum atomic E-state index is -0.658. The molecular weight excluding hydrogens is 547 g/mol. The number of benzene rings is 3. The van der Waals surface area contributed by atoms with Crippen molar-refractivity contribution in [2.45, 2.75) is 33.2 Å². The van der Waals surface area contributed by atoms with Crippen LogP contribution in [-0.4, -0.2) is 33.0 Å². The molecule has 0 aliphatic carbocycles. The third kappa shape index (κ3) is 4.73. The van der Waals surface area contributed by atoms with Crippen LogP contribution >= 0.6 is 23.2 Å². The lowest BCUT2D eigenvalue weighted by Crippen LogP contribution is -2.52. The second-order valence-electron chi connectivity index (χ2n) is 10.6. The highest BCUT2D eigenvalue weighted by atomic mass is 35.5. The minimum Gasteiger partial charge on any atom is -0.398 e. The molecule has 0 saturated carbocycles. The van der Waals surface area contributed by atoms with E-state index >= 15 is 0 Å². The summed E-state index contributed by atoms with van der Waals surface area (Å²) in [7, 11) is 0. The number of rotatable bonds is 6. The molecule has 7 nitrogen and oxygen atoms in total. The summed E-state index contributed by atoms with van der Waals surface area (Å²) in [5, 5.41) is 0.859. The van der Waals surface area contributed by atoms with E-state index in [0.29, 0.717) is 56.7 Å². The van der Waals surface area contributed by atoms with Crippen molar-refractivity contribution in [2.75, 3.05) is 18.8 Å². The lowest BCUT2D eigenvalue weighted by atomic mass is 9.97. The summed E-state index contributed by atoms with van der Waals surface area (Å²) in [5.74, 6) is -0.0545. The van der Waals surface area contributed by atoms with Gasteiger partial charge in [-0.05, 0) is 60.4 Å². The number of anilines is 1. The Morgan fingerprint density at radius 3 is 2.45 bits per heavy atom. The van der Waals surface area contributed by atoms with E-state index in [4.69, 9.17) is 28.9 Å². The van der Waals surface area contributed by atoms with Gasteiger partial charge in [-0.15, -0.1) is 0 Å². The highest BCUT2D eigenvalue weighted by Crippen LogP contribution is 2.38. The fourth-order valence-electron chi connectivity index (χ4n) is 5.45. The number of para-hydroxylation sites is 1. The number of carbonyl (C=O) groups excluding carboxylic acids is 1. The fourth-order valence-corrected chi connectivity index (χ4v) is 5.89. The number of halogens is 2. The minimum absolute atomic E-state index is 0.00626. The van der Waals surface area contributed by atoms with E-state index in [0.717, 1.165) is 11.1 Å². The molecule has 3 aromatic carbocycles. The van der Waals surface area contributed by atoms with Crippen molar-refractivity contribution in [1.82, 2.24) is 14.0 Å². The van der Waals surface area contributed by atoms with Gasteiger partial charge >= 0.3 is 11.1 Å². The maximum absolute atomic E-state index is 14.0. The molecule has 1 fully saturated rings. The summed E-state index contributed by atoms with van der Waals surface area (Å²) in [6.45, 7) is 10.8. The molecule has 0 atom stereocenters. The number of hydrogen-bond acceptors (Lipinski definition) is 4. The number of nitrogen functional groups attached to an aromatic ring is 1. The van der Waals surface area contributed by atoms with E-state index < -0.39 is 11.1 Å². The van der Waals surface area contributed by atoms with Crippen molar-refractivity contribution < 1.29 is 4.79 Å². The predicted octanol–water partition coefficient (Wildman–Crippen LogP) is 5.78. The Balaban J connectivity index is 1.82. The molecule has 206 valence electrons. The van der Waals surface area contributed by atoms with Gasteiger partial charge in [-0.25, -0.2) is 0 Å². The van der Waals surface area contributed by atoms with Gasteiger partial charge in [0.25, 0.3) is 0 Å². The van der Waals surface area contributed by atoms with Crippen LogP contribution in [0.5, 0.6) is 0 Å². The molecular formula is C31H30Cl2N4O3. The number of aromatic nitrogens is 2. The Hall–Kier alpha value is -3.81. The quantitative estimate of drug-likeness (QED) is 0.179. The van der Waals surface area contributed by atoms with Gasteiger partial charge in [0, 0.05) is 47.4 Å². The second-order valence-corrected chi connectivity index (χ2v) is 11.4. The monoisotopic (exact) mass is 576 g/mol. The molecule has 1 amide bonds. The summed E-state index contributed by atoms with van der Waals surface area (Å²) in [6, 6.07) is 14.5. The molecule has 4 aromatic rings. The third-order valence-electron chi connectivity index (χ3n) is 7.53. The zero-order chi connectivity index (χ0) is 28.9. The smallest absolute Gasteiger partial charge is 0.321 e. The van der Waals surface area contributed by atoms with Crippen molar-refractivity contribution in [3.8, 4) is 16.8 Å². The molecule has 9 heteroatoms. The van der Waals surface area contributed by atoms with Crippen LogP contribution in [-0.2, 0) is 11.3 Å². The third-order valence-corrected chi connectivity index (χ3v) is 8.08. The average Bonchev–Trinajstić information content (AvgIpc) is 2.89. The van der Waals surface area contributed by atoms with Crippen LogP contribution in [0.15, 0.2) is 70.8 Å². The number of likely N-dealkylation sites (tertiary alicyclic amines) is 1. The molecule has 0 unspecified atom stereocenters. The number of aryl methyl sites for hydroxylation is 1. The topological polar surface area (TPSA) is 90.3 Å². The first kappa shape index (κ1) is 27.7. The van der Waals surface area contributed by atoms with E-state index in [1.807, 2.05) is 31.2 Å². The van der Waals surface area contributed by atoms with E-state index in [1.54, 1.807) is 29.2 Å². The Labute approximate surface area is 242 Å². The lowest BCUT2D eigenvalue weighted by molar-refractivity contribution is -0.132. The molecule has 0 spiro atoms. The second kappa shape index (κ2) is 10.6. The zero-order valence-corrected chi connectivity index (χ0v) is 24.1. The molecule has 5 rings (SSSR count). The lowest BCUT2D eigenvalue weighted by Gasteiger charge is -2.39. The number of nitrogens with two attached hydrogens (primary N) is 1. The molecule has 1 aliphatic heterocycles. The molecule has 2 heterocycles. The Kier molecular flexibility index (Phi) is 7.38. The fraction of sp³-hybridized carbons (Fsp3) is 0.258. The van der Waals surface area contributed by atoms with Crippen molar-refractivity contribution in [3.63, 3.8) is 0 Å². The summed E-state index contributed by atoms with van der Waals surface area (Å²) in [5.41, 5.74) is 10.2. The number of carbonyl (C=O) groups is 1.